The minimum Gasteiger partial charge on any atom is -0.496 e. The number of aromatic nitrogens is 1. The molecule has 2 aromatic carbocycles. The van der Waals surface area contributed by atoms with Crippen LogP contribution in [0.4, 0.5) is 11.5 Å². The van der Waals surface area contributed by atoms with Crippen LogP contribution in [-0.2, 0) is 6.54 Å². The van der Waals surface area contributed by atoms with Crippen molar-refractivity contribution in [1.82, 2.24) is 14.4 Å². The summed E-state index contributed by atoms with van der Waals surface area (Å²) in [5.74, 6) is 0.955. The van der Waals surface area contributed by atoms with Gasteiger partial charge in [-0.05, 0) is 61.7 Å². The first-order valence-corrected chi connectivity index (χ1v) is 11.7. The molecule has 0 amide bonds. The molecule has 6 nitrogen and oxygen atoms in total. The first kappa shape index (κ1) is 22.3. The molecule has 174 valence electrons. The minimum absolute atomic E-state index is 0.217. The quantitative estimate of drug-likeness (QED) is 0.509. The van der Waals surface area contributed by atoms with E-state index in [1.54, 1.807) is 12.1 Å². The van der Waals surface area contributed by atoms with Gasteiger partial charge in [0.2, 0.25) is 5.82 Å². The molecule has 5 rings (SSSR count). The van der Waals surface area contributed by atoms with Crippen molar-refractivity contribution in [3.8, 4) is 5.75 Å². The predicted octanol–water partition coefficient (Wildman–Crippen LogP) is 5.32. The number of carbonyl (C=O) groups is 1. The summed E-state index contributed by atoms with van der Waals surface area (Å²) in [6, 6.07) is 20.2. The third-order valence-electron chi connectivity index (χ3n) is 7.17. The highest BCUT2D eigenvalue weighted by Crippen LogP contribution is 2.48. The van der Waals surface area contributed by atoms with E-state index in [-0.39, 0.29) is 5.56 Å². The van der Waals surface area contributed by atoms with Crippen LogP contribution in [0.1, 0.15) is 34.3 Å². The molecule has 2 aliphatic heterocycles. The van der Waals surface area contributed by atoms with Gasteiger partial charge in [0.05, 0.1) is 14.2 Å². The number of allylic oxidation sites excluding steroid dienone is 1. The summed E-state index contributed by atoms with van der Waals surface area (Å²) in [7, 11) is 3.71. The second kappa shape index (κ2) is 9.05. The van der Waals surface area contributed by atoms with Crippen LogP contribution in [0, 0.1) is 5.92 Å². The van der Waals surface area contributed by atoms with Crippen LogP contribution >= 0.6 is 0 Å². The number of quaternary nitrogens is 1. The fourth-order valence-electron chi connectivity index (χ4n) is 5.36. The number of carboxylic acid groups (broad SMARTS) is 1. The number of aromatic carboxylic acids is 1. The number of likely N-dealkylation sites (tertiary alicyclic amines) is 1. The molecule has 0 spiro atoms. The van der Waals surface area contributed by atoms with Gasteiger partial charge in [-0.3, -0.25) is 4.90 Å². The molecule has 1 unspecified atom stereocenters. The number of pyridine rings is 1. The van der Waals surface area contributed by atoms with Gasteiger partial charge in [0.1, 0.15) is 17.5 Å². The SMILES string of the molecule is COc1ccc(CN2CCC(C3=C[N+](C)(c4ccccn4)c4ccccc43)CC2)cc1C(=O)O. The number of fused-ring (bicyclic) bond motifs is 1. The highest BCUT2D eigenvalue weighted by atomic mass is 16.5. The summed E-state index contributed by atoms with van der Waals surface area (Å²) < 4.78 is 5.79. The van der Waals surface area contributed by atoms with Gasteiger partial charge in [-0.15, -0.1) is 0 Å². The second-order valence-electron chi connectivity index (χ2n) is 9.26. The van der Waals surface area contributed by atoms with Crippen molar-refractivity contribution < 1.29 is 14.6 Å². The van der Waals surface area contributed by atoms with Crippen molar-refractivity contribution in [1.29, 1.82) is 0 Å². The Morgan fingerprint density at radius 1 is 1.12 bits per heavy atom. The van der Waals surface area contributed by atoms with Crippen LogP contribution in [0.25, 0.3) is 5.57 Å². The molecule has 3 aromatic rings. The van der Waals surface area contributed by atoms with Gasteiger partial charge < -0.3 is 9.84 Å². The van der Waals surface area contributed by atoms with Gasteiger partial charge in [0.25, 0.3) is 0 Å². The van der Waals surface area contributed by atoms with Crippen LogP contribution in [-0.4, -0.2) is 48.2 Å². The molecule has 3 heterocycles. The molecule has 6 heteroatoms. The molecule has 1 aromatic heterocycles. The van der Waals surface area contributed by atoms with Crippen LogP contribution in [0.5, 0.6) is 5.75 Å². The Balaban J connectivity index is 1.33. The van der Waals surface area contributed by atoms with Crippen LogP contribution in [0.3, 0.4) is 0 Å². The van der Waals surface area contributed by atoms with E-state index in [4.69, 9.17) is 4.74 Å². The molecular weight excluding hydrogens is 426 g/mol. The zero-order chi connectivity index (χ0) is 23.7. The lowest BCUT2D eigenvalue weighted by Crippen LogP contribution is -2.34. The topological polar surface area (TPSA) is 62.7 Å². The lowest BCUT2D eigenvalue weighted by Gasteiger charge is -2.32. The maximum absolute atomic E-state index is 11.6. The van der Waals surface area contributed by atoms with Crippen LogP contribution in [0.2, 0.25) is 0 Å². The Bertz CT molecular complexity index is 1230. The van der Waals surface area contributed by atoms with Crippen molar-refractivity contribution in [2.45, 2.75) is 19.4 Å². The minimum atomic E-state index is -0.960. The molecule has 1 N–H and O–H groups in total. The third-order valence-corrected chi connectivity index (χ3v) is 7.17. The Morgan fingerprint density at radius 3 is 2.59 bits per heavy atom. The summed E-state index contributed by atoms with van der Waals surface area (Å²) in [5.41, 5.74) is 5.24. The number of piperidine rings is 1. The van der Waals surface area contributed by atoms with Gasteiger partial charge in [0, 0.05) is 36.0 Å². The summed E-state index contributed by atoms with van der Waals surface area (Å²) in [5, 5.41) is 9.48. The monoisotopic (exact) mass is 456 g/mol. The molecule has 0 radical (unpaired) electrons. The number of hydrogen-bond donors (Lipinski definition) is 1. The smallest absolute Gasteiger partial charge is 0.339 e. The van der Waals surface area contributed by atoms with E-state index in [1.807, 2.05) is 24.4 Å². The third kappa shape index (κ3) is 4.00. The zero-order valence-corrected chi connectivity index (χ0v) is 19.6. The molecule has 34 heavy (non-hydrogen) atoms. The fourth-order valence-corrected chi connectivity index (χ4v) is 5.36. The maximum Gasteiger partial charge on any atom is 0.339 e. The average molecular weight is 457 g/mol. The molecule has 1 saturated heterocycles. The number of hydrogen-bond acceptors (Lipinski definition) is 4. The average Bonchev–Trinajstić information content (AvgIpc) is 3.19. The maximum atomic E-state index is 11.6. The van der Waals surface area contributed by atoms with Crippen LogP contribution < -0.4 is 9.22 Å². The Morgan fingerprint density at radius 2 is 1.88 bits per heavy atom. The van der Waals surface area contributed by atoms with E-state index < -0.39 is 5.97 Å². The predicted molar refractivity (Wildman–Crippen MR) is 134 cm³/mol. The lowest BCUT2D eigenvalue weighted by molar-refractivity contribution is 0.0693. The Hall–Kier alpha value is -3.48. The molecule has 1 fully saturated rings. The van der Waals surface area contributed by atoms with E-state index in [1.165, 1.54) is 23.9 Å². The summed E-state index contributed by atoms with van der Waals surface area (Å²) in [6.45, 7) is 2.70. The molecule has 0 saturated carbocycles. The number of nitrogens with zero attached hydrogens (tertiary/aromatic N) is 3. The highest BCUT2D eigenvalue weighted by molar-refractivity contribution is 5.91. The van der Waals surface area contributed by atoms with Gasteiger partial charge >= 0.3 is 5.97 Å². The van der Waals surface area contributed by atoms with Gasteiger partial charge in [-0.25, -0.2) is 14.3 Å². The first-order valence-electron chi connectivity index (χ1n) is 11.7. The van der Waals surface area contributed by atoms with E-state index in [9.17, 15) is 9.90 Å². The summed E-state index contributed by atoms with van der Waals surface area (Å²) in [4.78, 5) is 18.7. The number of benzene rings is 2. The summed E-state index contributed by atoms with van der Waals surface area (Å²) >= 11 is 0. The summed E-state index contributed by atoms with van der Waals surface area (Å²) in [6.07, 6.45) is 6.39. The molecule has 0 bridgehead atoms. The second-order valence-corrected chi connectivity index (χ2v) is 9.26. The lowest BCUT2D eigenvalue weighted by atomic mass is 9.86. The normalized spacial score (nSPS) is 20.6. The van der Waals surface area contributed by atoms with E-state index in [0.29, 0.717) is 16.2 Å². The van der Waals surface area contributed by atoms with Gasteiger partial charge in [0.15, 0.2) is 5.69 Å². The van der Waals surface area contributed by atoms with Crippen molar-refractivity contribution in [3.63, 3.8) is 0 Å². The zero-order valence-electron chi connectivity index (χ0n) is 19.6. The van der Waals surface area contributed by atoms with E-state index in [0.717, 1.165) is 43.9 Å². The van der Waals surface area contributed by atoms with Crippen molar-refractivity contribution in [2.24, 2.45) is 5.92 Å². The highest BCUT2D eigenvalue weighted by Gasteiger charge is 2.40. The van der Waals surface area contributed by atoms with Gasteiger partial charge in [-0.1, -0.05) is 24.3 Å². The molecule has 2 aliphatic rings. The number of para-hydroxylation sites is 1. The van der Waals surface area contributed by atoms with Crippen molar-refractivity contribution in [2.75, 3.05) is 27.2 Å². The molecular formula is C28H30N3O3+. The van der Waals surface area contributed by atoms with E-state index >= 15 is 0 Å². The Labute approximate surface area is 200 Å². The number of carboxylic acids is 1. The van der Waals surface area contributed by atoms with Crippen LogP contribution in [0.15, 0.2) is 73.1 Å². The largest absolute Gasteiger partial charge is 0.496 e. The standard InChI is InChI=1S/C28H29N3O3/c1-31(27-9-5-6-14-29-27)19-24(22-7-3-4-8-25(22)31)21-12-15-30(16-13-21)18-20-10-11-26(34-2)23(17-20)28(32)33/h3-11,14,17,19,21H,12-13,15-16,18H2,1-2H3/p+1. The van der Waals surface area contributed by atoms with Crippen molar-refractivity contribution >= 4 is 23.0 Å². The number of ether oxygens (including phenoxy) is 1. The van der Waals surface area contributed by atoms with Gasteiger partial charge in [-0.2, -0.15) is 0 Å². The number of rotatable bonds is 6. The molecule has 1 atom stereocenters. The number of methoxy groups -OCH3 is 1. The Kier molecular flexibility index (Phi) is 5.94. The van der Waals surface area contributed by atoms with E-state index in [2.05, 4.69) is 53.5 Å². The first-order chi connectivity index (χ1) is 16.5. The molecule has 0 aliphatic carbocycles. The fraction of sp³-hybridized carbons (Fsp3) is 0.286. The van der Waals surface area contributed by atoms with Crippen molar-refractivity contribution in [3.05, 3.63) is 89.8 Å².